The van der Waals surface area contributed by atoms with E-state index in [-0.39, 0.29) is 11.7 Å². The fraction of sp³-hybridized carbons (Fsp3) is 0.0588. The molecule has 1 amide bonds. The Bertz CT molecular complexity index is 1140. The molecular formula is C17H11ClFN5OS. The van der Waals surface area contributed by atoms with Crippen LogP contribution in [0, 0.1) is 12.7 Å². The maximum atomic E-state index is 13.3. The standard InChI is InChI=1S/C17H11ClFN5OS/c1-9-12(7-20-15(21-9)17-22-14(18)8-26-17)16(25)23-24-5-4-10-6-11(19)2-3-13(10)24/h2-8H,1H3,(H,23,25). The molecule has 0 radical (unpaired) electrons. The Morgan fingerprint density at radius 1 is 1.31 bits per heavy atom. The number of hydrogen-bond donors (Lipinski definition) is 1. The Balaban J connectivity index is 1.61. The topological polar surface area (TPSA) is 72.7 Å². The molecule has 0 aliphatic rings. The Morgan fingerprint density at radius 3 is 2.88 bits per heavy atom. The summed E-state index contributed by atoms with van der Waals surface area (Å²) in [4.78, 5) is 25.2. The van der Waals surface area contributed by atoms with Gasteiger partial charge in [-0.15, -0.1) is 11.3 Å². The number of nitrogens with one attached hydrogen (secondary N) is 1. The van der Waals surface area contributed by atoms with Crippen molar-refractivity contribution in [1.29, 1.82) is 0 Å². The zero-order chi connectivity index (χ0) is 18.3. The molecule has 0 unspecified atom stereocenters. The van der Waals surface area contributed by atoms with Crippen LogP contribution in [0.25, 0.3) is 21.7 Å². The molecule has 130 valence electrons. The normalized spacial score (nSPS) is 11.0. The number of nitrogens with zero attached hydrogens (tertiary/aromatic N) is 4. The summed E-state index contributed by atoms with van der Waals surface area (Å²) in [6, 6.07) is 6.06. The van der Waals surface area contributed by atoms with E-state index in [1.807, 2.05) is 0 Å². The van der Waals surface area contributed by atoms with Crippen LogP contribution < -0.4 is 5.43 Å². The van der Waals surface area contributed by atoms with Crippen LogP contribution >= 0.6 is 22.9 Å². The largest absolute Gasteiger partial charge is 0.273 e. The minimum absolute atomic E-state index is 0.330. The molecule has 0 aliphatic carbocycles. The predicted molar refractivity (Wildman–Crippen MR) is 98.5 cm³/mol. The lowest BCUT2D eigenvalue weighted by Crippen LogP contribution is -2.23. The van der Waals surface area contributed by atoms with Crippen molar-refractivity contribution in [1.82, 2.24) is 19.6 Å². The molecular weight excluding hydrogens is 377 g/mol. The average Bonchev–Trinajstić information content (AvgIpc) is 3.21. The Kier molecular flexibility index (Phi) is 4.14. The van der Waals surface area contributed by atoms with E-state index in [1.165, 1.54) is 34.3 Å². The second kappa shape index (κ2) is 6.47. The molecule has 0 atom stereocenters. The molecule has 0 fully saturated rings. The molecule has 0 spiro atoms. The summed E-state index contributed by atoms with van der Waals surface area (Å²) in [5, 5.41) is 3.35. The molecule has 1 aromatic carbocycles. The van der Waals surface area contributed by atoms with E-state index in [2.05, 4.69) is 20.4 Å². The first-order valence-electron chi connectivity index (χ1n) is 7.54. The van der Waals surface area contributed by atoms with E-state index in [0.717, 1.165) is 0 Å². The monoisotopic (exact) mass is 387 g/mol. The predicted octanol–water partition coefficient (Wildman–Crippen LogP) is 4.04. The highest BCUT2D eigenvalue weighted by molar-refractivity contribution is 7.13. The van der Waals surface area contributed by atoms with Gasteiger partial charge in [0.15, 0.2) is 10.8 Å². The lowest BCUT2D eigenvalue weighted by molar-refractivity contribution is 0.101. The number of carbonyl (C=O) groups excluding carboxylic acids is 1. The summed E-state index contributed by atoms with van der Waals surface area (Å²) >= 11 is 7.15. The summed E-state index contributed by atoms with van der Waals surface area (Å²) in [6.45, 7) is 1.72. The number of hydrogen-bond acceptors (Lipinski definition) is 5. The first kappa shape index (κ1) is 16.6. The van der Waals surface area contributed by atoms with Crippen molar-refractivity contribution in [2.45, 2.75) is 6.92 Å². The Hall–Kier alpha value is -2.84. The smallest absolute Gasteiger partial charge is 0.267 e. The number of fused-ring (bicyclic) bond motifs is 1. The van der Waals surface area contributed by atoms with E-state index in [4.69, 9.17) is 11.6 Å². The van der Waals surface area contributed by atoms with Crippen molar-refractivity contribution in [3.63, 3.8) is 0 Å². The number of halogens is 2. The van der Waals surface area contributed by atoms with Gasteiger partial charge in [0.1, 0.15) is 11.0 Å². The molecule has 0 saturated carbocycles. The van der Waals surface area contributed by atoms with Gasteiger partial charge in [0.2, 0.25) is 0 Å². The van der Waals surface area contributed by atoms with Crippen LogP contribution in [0.3, 0.4) is 0 Å². The molecule has 4 aromatic rings. The molecule has 6 nitrogen and oxygen atoms in total. The minimum Gasteiger partial charge on any atom is -0.267 e. The number of amides is 1. The van der Waals surface area contributed by atoms with Gasteiger partial charge in [-0.25, -0.2) is 19.3 Å². The molecule has 3 aromatic heterocycles. The zero-order valence-corrected chi connectivity index (χ0v) is 15.0. The van der Waals surface area contributed by atoms with E-state index in [9.17, 15) is 9.18 Å². The molecule has 9 heteroatoms. The Labute approximate surface area is 156 Å². The molecule has 0 saturated heterocycles. The van der Waals surface area contributed by atoms with Crippen LogP contribution in [0.4, 0.5) is 4.39 Å². The Morgan fingerprint density at radius 2 is 2.15 bits per heavy atom. The highest BCUT2D eigenvalue weighted by Crippen LogP contribution is 2.23. The molecule has 3 heterocycles. The van der Waals surface area contributed by atoms with Gasteiger partial charge >= 0.3 is 0 Å². The first-order chi connectivity index (χ1) is 12.5. The van der Waals surface area contributed by atoms with Gasteiger partial charge in [-0.05, 0) is 31.2 Å². The molecule has 0 bridgehead atoms. The van der Waals surface area contributed by atoms with Crippen LogP contribution in [-0.4, -0.2) is 25.5 Å². The number of rotatable bonds is 3. The maximum Gasteiger partial charge on any atom is 0.273 e. The fourth-order valence-electron chi connectivity index (χ4n) is 2.53. The lowest BCUT2D eigenvalue weighted by atomic mass is 10.2. The zero-order valence-electron chi connectivity index (χ0n) is 13.4. The number of benzene rings is 1. The number of thiazole rings is 1. The molecule has 0 aliphatic heterocycles. The van der Waals surface area contributed by atoms with Crippen LogP contribution in [-0.2, 0) is 0 Å². The van der Waals surface area contributed by atoms with Crippen molar-refractivity contribution in [2.24, 2.45) is 0 Å². The molecule has 1 N–H and O–H groups in total. The second-order valence-corrected chi connectivity index (χ2v) is 6.74. The fourth-order valence-corrected chi connectivity index (χ4v) is 3.42. The summed E-state index contributed by atoms with van der Waals surface area (Å²) in [7, 11) is 0. The van der Waals surface area contributed by atoms with Crippen molar-refractivity contribution >= 4 is 39.7 Å². The van der Waals surface area contributed by atoms with Gasteiger partial charge in [-0.2, -0.15) is 0 Å². The third-order valence-electron chi connectivity index (χ3n) is 3.77. The number of aromatic nitrogens is 4. The van der Waals surface area contributed by atoms with Crippen molar-refractivity contribution < 1.29 is 9.18 Å². The average molecular weight is 388 g/mol. The highest BCUT2D eigenvalue weighted by Gasteiger charge is 2.15. The van der Waals surface area contributed by atoms with Gasteiger partial charge < -0.3 is 0 Å². The van der Waals surface area contributed by atoms with Crippen molar-refractivity contribution in [3.05, 3.63) is 64.3 Å². The van der Waals surface area contributed by atoms with Crippen LogP contribution in [0.1, 0.15) is 16.1 Å². The van der Waals surface area contributed by atoms with Gasteiger partial charge in [0.25, 0.3) is 5.91 Å². The first-order valence-corrected chi connectivity index (χ1v) is 8.80. The summed E-state index contributed by atoms with van der Waals surface area (Å²) in [6.07, 6.45) is 3.11. The van der Waals surface area contributed by atoms with Gasteiger partial charge in [0.05, 0.1) is 16.8 Å². The van der Waals surface area contributed by atoms with Crippen LogP contribution in [0.5, 0.6) is 0 Å². The van der Waals surface area contributed by atoms with E-state index in [1.54, 1.807) is 30.6 Å². The third kappa shape index (κ3) is 3.04. The highest BCUT2D eigenvalue weighted by atomic mass is 35.5. The van der Waals surface area contributed by atoms with E-state index in [0.29, 0.717) is 38.1 Å². The van der Waals surface area contributed by atoms with E-state index >= 15 is 0 Å². The number of aryl methyl sites for hydroxylation is 1. The van der Waals surface area contributed by atoms with Gasteiger partial charge in [-0.3, -0.25) is 14.9 Å². The van der Waals surface area contributed by atoms with E-state index < -0.39 is 0 Å². The molecule has 4 rings (SSSR count). The third-order valence-corrected chi connectivity index (χ3v) is 4.93. The summed E-state index contributed by atoms with van der Waals surface area (Å²) in [5.74, 6) is -0.283. The van der Waals surface area contributed by atoms with Crippen molar-refractivity contribution in [2.75, 3.05) is 5.43 Å². The quantitative estimate of drug-likeness (QED) is 0.575. The van der Waals surface area contributed by atoms with Gasteiger partial charge in [0, 0.05) is 23.2 Å². The number of carbonyl (C=O) groups is 1. The molecule has 26 heavy (non-hydrogen) atoms. The lowest BCUT2D eigenvalue weighted by Gasteiger charge is -2.10. The van der Waals surface area contributed by atoms with Crippen LogP contribution in [0.15, 0.2) is 42.0 Å². The minimum atomic E-state index is -0.368. The SMILES string of the molecule is Cc1nc(-c2nc(Cl)cs2)ncc1C(=O)Nn1ccc2cc(F)ccc21. The summed E-state index contributed by atoms with van der Waals surface area (Å²) < 4.78 is 14.8. The maximum absolute atomic E-state index is 13.3. The van der Waals surface area contributed by atoms with Crippen LogP contribution in [0.2, 0.25) is 5.15 Å². The summed E-state index contributed by atoms with van der Waals surface area (Å²) in [5.41, 5.74) is 4.28. The van der Waals surface area contributed by atoms with Crippen molar-refractivity contribution in [3.8, 4) is 10.8 Å². The second-order valence-electron chi connectivity index (χ2n) is 5.50. The van der Waals surface area contributed by atoms with Gasteiger partial charge in [-0.1, -0.05) is 11.6 Å².